The van der Waals surface area contributed by atoms with E-state index in [2.05, 4.69) is 10.2 Å². The molecule has 0 saturated heterocycles. The maximum atomic E-state index is 11.6. The number of rotatable bonds is 7. The molecule has 0 fully saturated rings. The maximum Gasteiger partial charge on any atom is 0.444 e. The van der Waals surface area contributed by atoms with Crippen LogP contribution in [-0.4, -0.2) is 52.9 Å². The highest BCUT2D eigenvalue weighted by atomic mass is 32.2. The Hall–Kier alpha value is -1.06. The van der Waals surface area contributed by atoms with Crippen molar-refractivity contribution in [2.75, 3.05) is 27.2 Å². The molecule has 0 aliphatic carbocycles. The van der Waals surface area contributed by atoms with Crippen LogP contribution in [0.1, 0.15) is 26.7 Å². The number of amides is 1. The molecule has 0 aromatic carbocycles. The van der Waals surface area contributed by atoms with Crippen LogP contribution in [0.3, 0.4) is 0 Å². The van der Waals surface area contributed by atoms with Gasteiger partial charge in [-0.3, -0.25) is 4.79 Å². The summed E-state index contributed by atoms with van der Waals surface area (Å²) in [4.78, 5) is 28.0. The molecule has 0 spiro atoms. The van der Waals surface area contributed by atoms with E-state index in [9.17, 15) is 9.59 Å². The summed E-state index contributed by atoms with van der Waals surface area (Å²) in [6.07, 6.45) is 1.29. The molecule has 0 aromatic rings. The first kappa shape index (κ1) is 18.9. The summed E-state index contributed by atoms with van der Waals surface area (Å²) in [5.74, 6) is -0.358. The second-order valence-electron chi connectivity index (χ2n) is 3.90. The summed E-state index contributed by atoms with van der Waals surface area (Å²) in [5.41, 5.74) is 2.31. The average molecular weight is 323 g/mol. The molecule has 1 amide bonds. The monoisotopic (exact) mass is 323 g/mol. The van der Waals surface area contributed by atoms with Crippen LogP contribution in [-0.2, 0) is 14.4 Å². The van der Waals surface area contributed by atoms with E-state index in [1.165, 1.54) is 11.4 Å². The van der Waals surface area contributed by atoms with Gasteiger partial charge >= 0.3 is 12.1 Å². The largest absolute Gasteiger partial charge is 0.468 e. The summed E-state index contributed by atoms with van der Waals surface area (Å²) in [7, 11) is 2.87. The van der Waals surface area contributed by atoms with E-state index in [1.54, 1.807) is 18.3 Å². The van der Waals surface area contributed by atoms with E-state index < -0.39 is 6.09 Å². The fraction of sp³-hybridized carbons (Fsp3) is 0.727. The van der Waals surface area contributed by atoms with Gasteiger partial charge in [0.2, 0.25) is 0 Å². The number of unbranched alkanes of at least 4 members (excludes halogenated alkanes) is 1. The van der Waals surface area contributed by atoms with Crippen LogP contribution in [0.2, 0.25) is 0 Å². The number of hydrogen-bond acceptors (Lipinski definition) is 7. The predicted molar refractivity (Wildman–Crippen MR) is 81.7 cm³/mol. The van der Waals surface area contributed by atoms with Gasteiger partial charge < -0.3 is 9.57 Å². The van der Waals surface area contributed by atoms with Crippen LogP contribution in [0.5, 0.6) is 0 Å². The zero-order valence-electron chi connectivity index (χ0n) is 12.2. The van der Waals surface area contributed by atoms with E-state index in [1.807, 2.05) is 6.92 Å². The zero-order valence-corrected chi connectivity index (χ0v) is 13.8. The zero-order chi connectivity index (χ0) is 15.5. The Morgan fingerprint density at radius 3 is 2.55 bits per heavy atom. The highest BCUT2D eigenvalue weighted by Gasteiger charge is 2.19. The van der Waals surface area contributed by atoms with Crippen LogP contribution >= 0.6 is 24.4 Å². The van der Waals surface area contributed by atoms with Gasteiger partial charge in [0.05, 0.1) is 7.11 Å². The number of thiocarbonyl (C=S) groups is 1. The third-order valence-electron chi connectivity index (χ3n) is 2.07. The smallest absolute Gasteiger partial charge is 0.444 e. The van der Waals surface area contributed by atoms with Crippen molar-refractivity contribution in [3.05, 3.63) is 0 Å². The molecule has 0 heterocycles. The number of nitrogens with zero attached hydrogens (tertiary/aromatic N) is 2. The number of hydrogen-bond donors (Lipinski definition) is 1. The number of esters is 1. The van der Waals surface area contributed by atoms with Crippen LogP contribution in [0, 0.1) is 0 Å². The Morgan fingerprint density at radius 2 is 2.05 bits per heavy atom. The number of hydroxylamine groups is 1. The lowest BCUT2D eigenvalue weighted by Gasteiger charge is -2.24. The van der Waals surface area contributed by atoms with Gasteiger partial charge in [-0.2, -0.15) is 0 Å². The van der Waals surface area contributed by atoms with Gasteiger partial charge in [-0.1, -0.05) is 25.6 Å². The molecule has 0 aliphatic rings. The number of ether oxygens (including phenoxy) is 1. The van der Waals surface area contributed by atoms with Crippen molar-refractivity contribution in [1.29, 1.82) is 0 Å². The molecule has 0 saturated carbocycles. The molecule has 0 aliphatic heterocycles. The lowest BCUT2D eigenvalue weighted by atomic mass is 10.3. The predicted octanol–water partition coefficient (Wildman–Crippen LogP) is 1.75. The van der Waals surface area contributed by atoms with E-state index in [0.29, 0.717) is 11.5 Å². The Kier molecular flexibility index (Phi) is 10.1. The SMILES string of the molecule is CCCCN(CC(=O)OC)SN(C)C(=O)ONC(C)=S. The Bertz CT molecular complexity index is 342. The Labute approximate surface area is 129 Å². The van der Waals surface area contributed by atoms with Gasteiger partial charge in [0.1, 0.15) is 11.5 Å². The summed E-state index contributed by atoms with van der Waals surface area (Å²) >= 11 is 5.83. The van der Waals surface area contributed by atoms with Gasteiger partial charge in [-0.25, -0.2) is 18.9 Å². The van der Waals surface area contributed by atoms with Gasteiger partial charge in [-0.15, -0.1) is 0 Å². The third kappa shape index (κ3) is 8.94. The molecule has 1 N–H and O–H groups in total. The first-order valence-electron chi connectivity index (χ1n) is 6.11. The average Bonchev–Trinajstić information content (AvgIpc) is 2.41. The lowest BCUT2D eigenvalue weighted by molar-refractivity contribution is -0.140. The molecule has 7 nitrogen and oxygen atoms in total. The first-order chi connectivity index (χ1) is 9.40. The maximum absolute atomic E-state index is 11.6. The Balaban J connectivity index is 4.34. The second-order valence-corrected chi connectivity index (χ2v) is 5.74. The molecule has 9 heteroatoms. The molecule has 0 unspecified atom stereocenters. The van der Waals surface area contributed by atoms with Crippen molar-refractivity contribution in [1.82, 2.24) is 14.1 Å². The minimum absolute atomic E-state index is 0.0956. The third-order valence-corrected chi connectivity index (χ3v) is 3.09. The van der Waals surface area contributed by atoms with Crippen molar-refractivity contribution < 1.29 is 19.2 Å². The molecule has 0 bridgehead atoms. The van der Waals surface area contributed by atoms with Crippen LogP contribution in [0.25, 0.3) is 0 Å². The fourth-order valence-electron chi connectivity index (χ4n) is 1.08. The molecular weight excluding hydrogens is 302 g/mol. The highest BCUT2D eigenvalue weighted by molar-refractivity contribution is 7.95. The van der Waals surface area contributed by atoms with Crippen molar-refractivity contribution >= 4 is 41.4 Å². The topological polar surface area (TPSA) is 71.1 Å². The first-order valence-corrected chi connectivity index (χ1v) is 7.25. The fourth-order valence-corrected chi connectivity index (χ4v) is 1.94. The van der Waals surface area contributed by atoms with Gasteiger partial charge in [0.25, 0.3) is 0 Å². The summed E-state index contributed by atoms with van der Waals surface area (Å²) in [5, 5.41) is 0. The second kappa shape index (κ2) is 10.7. The summed E-state index contributed by atoms with van der Waals surface area (Å²) in [6, 6.07) is 0. The van der Waals surface area contributed by atoms with Gasteiger partial charge in [0.15, 0.2) is 0 Å². The number of carbonyl (C=O) groups excluding carboxylic acids is 2. The van der Waals surface area contributed by atoms with Crippen molar-refractivity contribution in [3.8, 4) is 0 Å². The Morgan fingerprint density at radius 1 is 1.40 bits per heavy atom. The van der Waals surface area contributed by atoms with E-state index >= 15 is 0 Å². The standard InChI is InChI=1S/C11H21N3O4S2/c1-5-6-7-14(8-10(15)17-4)20-13(3)11(16)18-12-9(2)19/h5-8H2,1-4H3,(H,12,19). The molecule has 0 radical (unpaired) electrons. The van der Waals surface area contributed by atoms with Gasteiger partial charge in [-0.05, 0) is 13.3 Å². The van der Waals surface area contributed by atoms with E-state index in [0.717, 1.165) is 25.0 Å². The summed E-state index contributed by atoms with van der Waals surface area (Å²) in [6.45, 7) is 4.40. The molecule has 20 heavy (non-hydrogen) atoms. The van der Waals surface area contributed by atoms with Crippen LogP contribution < -0.4 is 5.48 Å². The van der Waals surface area contributed by atoms with Crippen molar-refractivity contribution in [2.45, 2.75) is 26.7 Å². The normalized spacial score (nSPS) is 10.1. The van der Waals surface area contributed by atoms with Crippen LogP contribution in [0.15, 0.2) is 0 Å². The molecule has 0 atom stereocenters. The number of methoxy groups -OCH3 is 1. The number of carbonyl (C=O) groups is 2. The minimum atomic E-state index is -0.606. The lowest BCUT2D eigenvalue weighted by Crippen LogP contribution is -2.35. The van der Waals surface area contributed by atoms with Gasteiger partial charge in [0, 0.05) is 25.7 Å². The summed E-state index contributed by atoms with van der Waals surface area (Å²) < 4.78 is 7.63. The van der Waals surface area contributed by atoms with Crippen molar-refractivity contribution in [2.24, 2.45) is 0 Å². The quantitative estimate of drug-likeness (QED) is 0.329. The number of nitrogens with one attached hydrogen (secondary N) is 1. The molecule has 0 aromatic heterocycles. The van der Waals surface area contributed by atoms with Crippen molar-refractivity contribution in [3.63, 3.8) is 0 Å². The molecule has 0 rings (SSSR count). The highest BCUT2D eigenvalue weighted by Crippen LogP contribution is 2.16. The van der Waals surface area contributed by atoms with E-state index in [-0.39, 0.29) is 12.5 Å². The molecular formula is C11H21N3O4S2. The minimum Gasteiger partial charge on any atom is -0.468 e. The van der Waals surface area contributed by atoms with E-state index in [4.69, 9.17) is 17.1 Å². The molecule has 116 valence electrons. The van der Waals surface area contributed by atoms with Crippen LogP contribution in [0.4, 0.5) is 4.79 Å².